The molecule has 4 nitrogen and oxygen atoms in total. The molecule has 350 valence electrons. The molecule has 0 unspecified atom stereocenters. The predicted octanol–water partition coefficient (Wildman–Crippen LogP) is 17.3. The van der Waals surface area contributed by atoms with E-state index >= 15 is 0 Å². The second-order valence-corrected chi connectivity index (χ2v) is 19.4. The zero-order valence-electron chi connectivity index (χ0n) is 41.4. The molecule has 0 saturated heterocycles. The third-order valence-electron chi connectivity index (χ3n) is 11.7. The van der Waals surface area contributed by atoms with Gasteiger partial charge in [0.25, 0.3) is 0 Å². The van der Waals surface area contributed by atoms with Gasteiger partial charge < -0.3 is 0 Å². The minimum atomic E-state index is -3.51. The maximum Gasteiger partial charge on any atom is 1.00 e. The molecule has 0 radical (unpaired) electrons. The molecular formula is C54H105KO4P+. The van der Waals surface area contributed by atoms with Gasteiger partial charge in [0.1, 0.15) is 0 Å². The first-order valence-electron chi connectivity index (χ1n) is 26.7. The van der Waals surface area contributed by atoms with Crippen molar-refractivity contribution < 1.29 is 69.5 Å². The van der Waals surface area contributed by atoms with Crippen molar-refractivity contribution in [2.45, 2.75) is 290 Å². The van der Waals surface area contributed by atoms with E-state index in [1.54, 1.807) is 0 Å². The summed E-state index contributed by atoms with van der Waals surface area (Å²) >= 11 is 0. The van der Waals surface area contributed by atoms with Crippen LogP contribution in [-0.2, 0) is 18.1 Å². The van der Waals surface area contributed by atoms with Gasteiger partial charge in [-0.25, -0.2) is 4.57 Å². The summed E-state index contributed by atoms with van der Waals surface area (Å²) in [6, 6.07) is 0. The number of allylic oxidation sites excluding steroid dienone is 6. The van der Waals surface area contributed by atoms with Crippen LogP contribution >= 0.6 is 7.82 Å². The van der Waals surface area contributed by atoms with Gasteiger partial charge in [0.2, 0.25) is 0 Å². The van der Waals surface area contributed by atoms with Gasteiger partial charge in [-0.05, 0) is 96.3 Å². The molecule has 0 bridgehead atoms. The van der Waals surface area contributed by atoms with E-state index in [0.29, 0.717) is 19.8 Å². The Morgan fingerprint density at radius 2 is 0.433 bits per heavy atom. The van der Waals surface area contributed by atoms with Gasteiger partial charge in [-0.15, -0.1) is 0 Å². The molecule has 0 aromatic carbocycles. The monoisotopic (exact) mass is 888 g/mol. The first-order valence-corrected chi connectivity index (χ1v) is 28.1. The van der Waals surface area contributed by atoms with Crippen LogP contribution in [0, 0.1) is 0 Å². The topological polar surface area (TPSA) is 44.8 Å². The van der Waals surface area contributed by atoms with Crippen molar-refractivity contribution >= 4 is 7.82 Å². The van der Waals surface area contributed by atoms with Gasteiger partial charge >= 0.3 is 59.2 Å². The van der Waals surface area contributed by atoms with Crippen LogP contribution in [0.3, 0.4) is 0 Å². The second-order valence-electron chi connectivity index (χ2n) is 17.8. The van der Waals surface area contributed by atoms with Crippen LogP contribution in [0.25, 0.3) is 0 Å². The molecule has 60 heavy (non-hydrogen) atoms. The maximum absolute atomic E-state index is 13.6. The molecule has 0 aliphatic rings. The molecule has 0 atom stereocenters. The average molecular weight is 889 g/mol. The van der Waals surface area contributed by atoms with E-state index in [-0.39, 0.29) is 51.4 Å². The molecule has 0 aliphatic carbocycles. The van der Waals surface area contributed by atoms with Gasteiger partial charge in [0.05, 0.1) is 19.8 Å². The Balaban J connectivity index is 0. The summed E-state index contributed by atoms with van der Waals surface area (Å²) in [6.07, 6.45) is 67.8. The summed E-state index contributed by atoms with van der Waals surface area (Å²) in [5, 5.41) is 0. The molecule has 0 spiro atoms. The molecular weight excluding hydrogens is 783 g/mol. The molecule has 0 aliphatic heterocycles. The Bertz CT molecular complexity index is 807. The zero-order chi connectivity index (χ0) is 42.7. The quantitative estimate of drug-likeness (QED) is 0.0264. The third-order valence-corrected chi connectivity index (χ3v) is 13.2. The predicted molar refractivity (Wildman–Crippen MR) is 264 cm³/mol. The van der Waals surface area contributed by atoms with Crippen LogP contribution in [-0.4, -0.2) is 19.8 Å². The van der Waals surface area contributed by atoms with Gasteiger partial charge in [0, 0.05) is 0 Å². The fourth-order valence-electron chi connectivity index (χ4n) is 7.69. The van der Waals surface area contributed by atoms with Crippen molar-refractivity contribution in [2.75, 3.05) is 19.8 Å². The minimum absolute atomic E-state index is 0. The molecule has 0 amide bonds. The van der Waals surface area contributed by atoms with Crippen molar-refractivity contribution in [1.29, 1.82) is 0 Å². The summed E-state index contributed by atoms with van der Waals surface area (Å²) < 4.78 is 31.3. The standard InChI is InChI=1S/C54H105O4P.K/c1-4-7-10-13-16-19-22-25-28-31-34-37-40-43-46-49-52-56-59(55,57-53-50-47-44-41-38-35-32-29-26-23-20-17-14-11-8-5-2)58-54-51-48-45-42-39-36-33-30-27-24-21-18-15-12-9-6-3;/h25-30H,4-24,31-54H2,1-3H3;/q;+1/b28-25-,29-26-,30-27-;. The van der Waals surface area contributed by atoms with Crippen LogP contribution in [0.15, 0.2) is 36.5 Å². The summed E-state index contributed by atoms with van der Waals surface area (Å²) in [5.74, 6) is 0. The van der Waals surface area contributed by atoms with E-state index in [9.17, 15) is 4.57 Å². The molecule has 0 rings (SSSR count). The van der Waals surface area contributed by atoms with E-state index in [0.717, 1.165) is 38.5 Å². The number of rotatable bonds is 51. The SMILES string of the molecule is CCCCCCCC/C=C\CCCCCCCCOP(=O)(OCCCCCCCC/C=C\CCCCCCCC)OCCCCCCCC/C=C\CCCCCCCC.[K+]. The molecule has 0 heterocycles. The summed E-state index contributed by atoms with van der Waals surface area (Å²) in [5.41, 5.74) is 0. The van der Waals surface area contributed by atoms with E-state index in [4.69, 9.17) is 13.6 Å². The number of hydrogen-bond donors (Lipinski definition) is 0. The van der Waals surface area contributed by atoms with Crippen molar-refractivity contribution in [2.24, 2.45) is 0 Å². The van der Waals surface area contributed by atoms with Crippen molar-refractivity contribution in [1.82, 2.24) is 0 Å². The summed E-state index contributed by atoms with van der Waals surface area (Å²) in [4.78, 5) is 0. The summed E-state index contributed by atoms with van der Waals surface area (Å²) in [7, 11) is -3.51. The van der Waals surface area contributed by atoms with Crippen molar-refractivity contribution in [3.63, 3.8) is 0 Å². The Morgan fingerprint density at radius 1 is 0.267 bits per heavy atom. The molecule has 0 fully saturated rings. The molecule has 0 aromatic heterocycles. The Labute approximate surface area is 420 Å². The smallest absolute Gasteiger partial charge is 0.287 e. The van der Waals surface area contributed by atoms with E-state index in [1.807, 2.05) is 0 Å². The number of unbranched alkanes of at least 4 members (excludes halogenated alkanes) is 36. The maximum atomic E-state index is 13.6. The zero-order valence-corrected chi connectivity index (χ0v) is 45.4. The number of hydrogen-bond acceptors (Lipinski definition) is 4. The summed E-state index contributed by atoms with van der Waals surface area (Å²) in [6.45, 7) is 8.22. The largest absolute Gasteiger partial charge is 1.00 e. The van der Waals surface area contributed by atoms with Crippen LogP contribution in [0.4, 0.5) is 0 Å². The molecule has 0 N–H and O–H groups in total. The van der Waals surface area contributed by atoms with Gasteiger partial charge in [0.15, 0.2) is 0 Å². The van der Waals surface area contributed by atoms with Crippen LogP contribution < -0.4 is 51.4 Å². The van der Waals surface area contributed by atoms with Crippen LogP contribution in [0.2, 0.25) is 0 Å². The Kier molecular flexibility index (Phi) is 58.9. The number of phosphoric ester groups is 1. The average Bonchev–Trinajstić information content (AvgIpc) is 3.24. The molecule has 0 aromatic rings. The van der Waals surface area contributed by atoms with Gasteiger partial charge in [-0.1, -0.05) is 231 Å². The fraction of sp³-hybridized carbons (Fsp3) is 0.889. The minimum Gasteiger partial charge on any atom is -0.287 e. The van der Waals surface area contributed by atoms with Crippen molar-refractivity contribution in [3.05, 3.63) is 36.5 Å². The van der Waals surface area contributed by atoms with Gasteiger partial charge in [-0.3, -0.25) is 13.6 Å². The van der Waals surface area contributed by atoms with E-state index in [2.05, 4.69) is 57.2 Å². The first-order chi connectivity index (χ1) is 29.2. The first kappa shape index (κ1) is 63.1. The normalized spacial score (nSPS) is 12.2. The third kappa shape index (κ3) is 53.3. The fourth-order valence-corrected chi connectivity index (χ4v) is 8.97. The van der Waals surface area contributed by atoms with E-state index in [1.165, 1.54) is 231 Å². The van der Waals surface area contributed by atoms with Crippen LogP contribution in [0.5, 0.6) is 0 Å². The second kappa shape index (κ2) is 56.1. The Morgan fingerprint density at radius 3 is 0.633 bits per heavy atom. The van der Waals surface area contributed by atoms with Crippen LogP contribution in [0.1, 0.15) is 290 Å². The molecule has 0 saturated carbocycles. The van der Waals surface area contributed by atoms with Crippen molar-refractivity contribution in [3.8, 4) is 0 Å². The Hall–Kier alpha value is 0.966. The molecule has 6 heteroatoms. The number of phosphoric acid groups is 1. The van der Waals surface area contributed by atoms with E-state index < -0.39 is 7.82 Å². The van der Waals surface area contributed by atoms with Gasteiger partial charge in [-0.2, -0.15) is 0 Å².